The van der Waals surface area contributed by atoms with Crippen molar-refractivity contribution < 1.29 is 22.7 Å². The predicted molar refractivity (Wildman–Crippen MR) is 67.4 cm³/mol. The van der Waals surface area contributed by atoms with Crippen molar-refractivity contribution in [3.63, 3.8) is 0 Å². The third-order valence-electron chi connectivity index (χ3n) is 3.44. The third kappa shape index (κ3) is 3.12. The van der Waals surface area contributed by atoms with E-state index in [1.165, 1.54) is 0 Å². The molecule has 4 nitrogen and oxygen atoms in total. The van der Waals surface area contributed by atoms with Gasteiger partial charge in [0.1, 0.15) is 10.7 Å². The van der Waals surface area contributed by atoms with E-state index in [0.717, 1.165) is 43.9 Å². The molecular formula is C13H15FO4S. The fourth-order valence-electron chi connectivity index (χ4n) is 2.46. The Morgan fingerprint density at radius 1 is 1.32 bits per heavy atom. The van der Waals surface area contributed by atoms with Gasteiger partial charge >= 0.3 is 5.97 Å². The maximum absolute atomic E-state index is 13.7. The molecule has 1 fully saturated rings. The summed E-state index contributed by atoms with van der Waals surface area (Å²) in [7, 11) is -3.68. The van der Waals surface area contributed by atoms with Crippen LogP contribution in [0, 0.1) is 11.7 Å². The molecule has 0 saturated heterocycles. The molecule has 0 heterocycles. The van der Waals surface area contributed by atoms with E-state index in [4.69, 9.17) is 5.11 Å². The summed E-state index contributed by atoms with van der Waals surface area (Å²) in [6.45, 7) is 0. The molecule has 104 valence electrons. The van der Waals surface area contributed by atoms with Gasteiger partial charge in [-0.2, -0.15) is 0 Å². The van der Waals surface area contributed by atoms with Crippen molar-refractivity contribution in [3.05, 3.63) is 29.6 Å². The second-order valence-electron chi connectivity index (χ2n) is 4.88. The van der Waals surface area contributed by atoms with Crippen molar-refractivity contribution in [2.75, 3.05) is 5.75 Å². The van der Waals surface area contributed by atoms with Crippen molar-refractivity contribution in [3.8, 4) is 0 Å². The lowest BCUT2D eigenvalue weighted by Gasteiger charge is -2.11. The van der Waals surface area contributed by atoms with Crippen LogP contribution < -0.4 is 0 Å². The monoisotopic (exact) mass is 286 g/mol. The van der Waals surface area contributed by atoms with Gasteiger partial charge in [0.25, 0.3) is 0 Å². The molecule has 0 aromatic heterocycles. The summed E-state index contributed by atoms with van der Waals surface area (Å²) in [4.78, 5) is 10.3. The molecule has 1 aliphatic carbocycles. The van der Waals surface area contributed by atoms with Crippen LogP contribution in [0.2, 0.25) is 0 Å². The second-order valence-corrected chi connectivity index (χ2v) is 6.88. The van der Waals surface area contributed by atoms with Crippen LogP contribution in [-0.4, -0.2) is 25.2 Å². The number of carboxylic acids is 1. The molecule has 0 amide bonds. The van der Waals surface area contributed by atoms with E-state index in [0.29, 0.717) is 0 Å². The van der Waals surface area contributed by atoms with E-state index in [1.807, 2.05) is 0 Å². The predicted octanol–water partition coefficient (Wildman–Crippen LogP) is 2.49. The van der Waals surface area contributed by atoms with E-state index >= 15 is 0 Å². The molecule has 0 spiro atoms. The highest BCUT2D eigenvalue weighted by Gasteiger charge is 2.26. The zero-order chi connectivity index (χ0) is 14.0. The lowest BCUT2D eigenvalue weighted by molar-refractivity contribution is 0.0696. The first-order valence-electron chi connectivity index (χ1n) is 6.16. The Morgan fingerprint density at radius 2 is 1.95 bits per heavy atom. The number of halogens is 1. The van der Waals surface area contributed by atoms with Crippen LogP contribution in [0.3, 0.4) is 0 Å². The van der Waals surface area contributed by atoms with Gasteiger partial charge in [-0.25, -0.2) is 17.6 Å². The largest absolute Gasteiger partial charge is 0.478 e. The van der Waals surface area contributed by atoms with E-state index in [2.05, 4.69) is 0 Å². The normalized spacial score (nSPS) is 16.7. The van der Waals surface area contributed by atoms with Gasteiger partial charge in [-0.1, -0.05) is 12.8 Å². The number of aromatic carboxylic acids is 1. The molecule has 1 aliphatic rings. The fourth-order valence-corrected chi connectivity index (χ4v) is 4.23. The molecule has 2 rings (SSSR count). The number of carbonyl (C=O) groups is 1. The lowest BCUT2D eigenvalue weighted by Crippen LogP contribution is -2.15. The summed E-state index contributed by atoms with van der Waals surface area (Å²) in [5.74, 6) is -2.24. The van der Waals surface area contributed by atoms with E-state index in [9.17, 15) is 17.6 Å². The topological polar surface area (TPSA) is 71.4 Å². The van der Waals surface area contributed by atoms with Crippen molar-refractivity contribution in [1.82, 2.24) is 0 Å². The Balaban J connectivity index is 2.27. The average Bonchev–Trinajstić information content (AvgIpc) is 2.80. The van der Waals surface area contributed by atoms with Gasteiger partial charge in [0.2, 0.25) is 0 Å². The zero-order valence-electron chi connectivity index (χ0n) is 10.3. The minimum atomic E-state index is -3.68. The van der Waals surface area contributed by atoms with E-state index in [1.54, 1.807) is 0 Å². The number of benzene rings is 1. The molecule has 6 heteroatoms. The molecule has 19 heavy (non-hydrogen) atoms. The Morgan fingerprint density at radius 3 is 2.47 bits per heavy atom. The van der Waals surface area contributed by atoms with Gasteiger partial charge in [-0.15, -0.1) is 0 Å². The van der Waals surface area contributed by atoms with Crippen LogP contribution in [0.4, 0.5) is 4.39 Å². The Kier molecular flexibility index (Phi) is 3.89. The summed E-state index contributed by atoms with van der Waals surface area (Å²) >= 11 is 0. The van der Waals surface area contributed by atoms with Gasteiger partial charge in [0.05, 0.1) is 11.3 Å². The first-order chi connectivity index (χ1) is 8.90. The highest BCUT2D eigenvalue weighted by molar-refractivity contribution is 7.91. The minimum absolute atomic E-state index is 0.0592. The molecule has 1 aromatic carbocycles. The number of hydrogen-bond acceptors (Lipinski definition) is 3. The molecule has 1 aromatic rings. The van der Waals surface area contributed by atoms with Crippen molar-refractivity contribution >= 4 is 15.8 Å². The number of rotatable bonds is 4. The summed E-state index contributed by atoms with van der Waals surface area (Å²) in [5, 5.41) is 8.72. The van der Waals surface area contributed by atoms with Crippen LogP contribution >= 0.6 is 0 Å². The molecule has 0 bridgehead atoms. The maximum Gasteiger partial charge on any atom is 0.335 e. The highest BCUT2D eigenvalue weighted by atomic mass is 32.2. The van der Waals surface area contributed by atoms with Gasteiger partial charge in [0.15, 0.2) is 9.84 Å². The smallest absolute Gasteiger partial charge is 0.335 e. The molecule has 1 N–H and O–H groups in total. The van der Waals surface area contributed by atoms with Gasteiger partial charge < -0.3 is 5.11 Å². The molecule has 0 aliphatic heterocycles. The molecule has 0 radical (unpaired) electrons. The van der Waals surface area contributed by atoms with E-state index in [-0.39, 0.29) is 17.2 Å². The van der Waals surface area contributed by atoms with Crippen molar-refractivity contribution in [2.24, 2.45) is 5.92 Å². The third-order valence-corrected chi connectivity index (χ3v) is 5.36. The van der Waals surface area contributed by atoms with Crippen molar-refractivity contribution in [1.29, 1.82) is 0 Å². The summed E-state index contributed by atoms with van der Waals surface area (Å²) in [6.07, 6.45) is 3.74. The highest BCUT2D eigenvalue weighted by Crippen LogP contribution is 2.29. The summed E-state index contributed by atoms with van der Waals surface area (Å²) < 4.78 is 37.9. The first-order valence-corrected chi connectivity index (χ1v) is 7.81. The van der Waals surface area contributed by atoms with Gasteiger partial charge in [0, 0.05) is 0 Å². The fraction of sp³-hybridized carbons (Fsp3) is 0.462. The Hall–Kier alpha value is -1.43. The minimum Gasteiger partial charge on any atom is -0.478 e. The number of sulfone groups is 1. The lowest BCUT2D eigenvalue weighted by atomic mass is 10.1. The zero-order valence-corrected chi connectivity index (χ0v) is 11.1. The van der Waals surface area contributed by atoms with Crippen LogP contribution in [0.5, 0.6) is 0 Å². The Labute approximate surface area is 111 Å². The molecular weight excluding hydrogens is 271 g/mol. The average molecular weight is 286 g/mol. The summed E-state index contributed by atoms with van der Waals surface area (Å²) in [6, 6.07) is 2.92. The number of carboxylic acid groups (broad SMARTS) is 1. The quantitative estimate of drug-likeness (QED) is 0.923. The van der Waals surface area contributed by atoms with Crippen LogP contribution in [-0.2, 0) is 9.84 Å². The Bertz CT molecular complexity index is 589. The van der Waals surface area contributed by atoms with Gasteiger partial charge in [-0.3, -0.25) is 0 Å². The standard InChI is InChI=1S/C13H15FO4S/c14-11-7-10(13(15)16)5-6-12(11)19(17,18)8-9-3-1-2-4-9/h5-7,9H,1-4,8H2,(H,15,16). The number of hydrogen-bond donors (Lipinski definition) is 1. The molecule has 0 atom stereocenters. The van der Waals surface area contributed by atoms with Crippen LogP contribution in [0.15, 0.2) is 23.1 Å². The van der Waals surface area contributed by atoms with Crippen LogP contribution in [0.25, 0.3) is 0 Å². The summed E-state index contributed by atoms with van der Waals surface area (Å²) in [5.41, 5.74) is -0.252. The first kappa shape index (κ1) is 14.0. The second kappa shape index (κ2) is 5.28. The molecule has 0 unspecified atom stereocenters. The van der Waals surface area contributed by atoms with Crippen LogP contribution in [0.1, 0.15) is 36.0 Å². The van der Waals surface area contributed by atoms with Crippen molar-refractivity contribution in [2.45, 2.75) is 30.6 Å². The maximum atomic E-state index is 13.7. The van der Waals surface area contributed by atoms with Gasteiger partial charge in [-0.05, 0) is 37.0 Å². The van der Waals surface area contributed by atoms with E-state index < -0.39 is 26.5 Å². The SMILES string of the molecule is O=C(O)c1ccc(S(=O)(=O)CC2CCCC2)c(F)c1. The molecule has 1 saturated carbocycles.